The Morgan fingerprint density at radius 1 is 0.923 bits per heavy atom. The summed E-state index contributed by atoms with van der Waals surface area (Å²) in [6.45, 7) is 4.45. The molecular weight excluding hydrogens is 324 g/mol. The first-order valence-electron chi connectivity index (χ1n) is 8.76. The molecule has 0 spiro atoms. The highest BCUT2D eigenvalue weighted by Crippen LogP contribution is 2.34. The smallest absolute Gasteiger partial charge is 0.339 e. The molecule has 132 valence electrons. The van der Waals surface area contributed by atoms with Crippen molar-refractivity contribution >= 4 is 5.97 Å². The Morgan fingerprint density at radius 2 is 1.58 bits per heavy atom. The van der Waals surface area contributed by atoms with Gasteiger partial charge in [-0.2, -0.15) is 0 Å². The maximum absolute atomic E-state index is 11.5. The summed E-state index contributed by atoms with van der Waals surface area (Å²) in [6.07, 6.45) is 0. The highest BCUT2D eigenvalue weighted by molar-refractivity contribution is 5.94. The van der Waals surface area contributed by atoms with Crippen LogP contribution >= 0.6 is 0 Å². The van der Waals surface area contributed by atoms with E-state index in [4.69, 9.17) is 4.74 Å². The van der Waals surface area contributed by atoms with Gasteiger partial charge in [0.25, 0.3) is 0 Å². The minimum atomic E-state index is -0.982. The van der Waals surface area contributed by atoms with Gasteiger partial charge in [-0.15, -0.1) is 0 Å². The molecule has 3 aromatic carbocycles. The molecule has 0 heterocycles. The van der Waals surface area contributed by atoms with E-state index in [9.17, 15) is 9.90 Å². The van der Waals surface area contributed by atoms with Crippen LogP contribution in [0.4, 0.5) is 0 Å². The molecule has 0 aromatic heterocycles. The molecule has 3 rings (SSSR count). The summed E-state index contributed by atoms with van der Waals surface area (Å²) in [5.41, 5.74) is 4.41. The Bertz CT molecular complexity index is 883. The van der Waals surface area contributed by atoms with Crippen molar-refractivity contribution in [1.82, 2.24) is 0 Å². The highest BCUT2D eigenvalue weighted by atomic mass is 16.5. The largest absolute Gasteiger partial charge is 0.492 e. The summed E-state index contributed by atoms with van der Waals surface area (Å²) < 4.78 is 5.65. The molecule has 0 aliphatic rings. The number of carboxylic acid groups (broad SMARTS) is 1. The first kappa shape index (κ1) is 17.7. The van der Waals surface area contributed by atoms with Gasteiger partial charge in [-0.05, 0) is 29.7 Å². The van der Waals surface area contributed by atoms with Gasteiger partial charge in [0.1, 0.15) is 11.3 Å². The predicted molar refractivity (Wildman–Crippen MR) is 104 cm³/mol. The molecule has 0 saturated carbocycles. The fourth-order valence-corrected chi connectivity index (χ4v) is 3.12. The highest BCUT2D eigenvalue weighted by Gasteiger charge is 2.17. The number of para-hydroxylation sites is 1. The van der Waals surface area contributed by atoms with E-state index in [-0.39, 0.29) is 5.56 Å². The number of carboxylic acids is 1. The molecule has 3 aromatic rings. The van der Waals surface area contributed by atoms with E-state index in [0.717, 1.165) is 11.1 Å². The van der Waals surface area contributed by atoms with Gasteiger partial charge in [0, 0.05) is 11.5 Å². The van der Waals surface area contributed by atoms with Crippen molar-refractivity contribution < 1.29 is 14.6 Å². The average Bonchev–Trinajstić information content (AvgIpc) is 2.68. The standard InChI is InChI=1S/C23H22O3/c1-3-26-22-20(10-7-11-21(22)23(24)25)19-14-12-18(13-15-19)16(2)17-8-5-4-6-9-17/h4-16H,3H2,1-2H3,(H,24,25). The fraction of sp³-hybridized carbons (Fsp3) is 0.174. The summed E-state index contributed by atoms with van der Waals surface area (Å²) in [4.78, 5) is 11.5. The van der Waals surface area contributed by atoms with Crippen LogP contribution in [-0.2, 0) is 0 Å². The Hall–Kier alpha value is -3.07. The van der Waals surface area contributed by atoms with Crippen LogP contribution in [0.3, 0.4) is 0 Å². The lowest BCUT2D eigenvalue weighted by Crippen LogP contribution is -2.04. The molecule has 1 unspecified atom stereocenters. The number of carbonyl (C=O) groups is 1. The van der Waals surface area contributed by atoms with E-state index < -0.39 is 5.97 Å². The zero-order valence-corrected chi connectivity index (χ0v) is 15.0. The lowest BCUT2D eigenvalue weighted by atomic mass is 9.91. The first-order chi connectivity index (χ1) is 12.6. The van der Waals surface area contributed by atoms with Crippen molar-refractivity contribution in [1.29, 1.82) is 0 Å². The molecular formula is C23H22O3. The van der Waals surface area contributed by atoms with E-state index in [1.165, 1.54) is 11.1 Å². The van der Waals surface area contributed by atoms with Gasteiger partial charge >= 0.3 is 5.97 Å². The van der Waals surface area contributed by atoms with E-state index in [1.807, 2.05) is 43.3 Å². The lowest BCUT2D eigenvalue weighted by molar-refractivity contribution is 0.0692. The second-order valence-electron chi connectivity index (χ2n) is 6.17. The Labute approximate surface area is 153 Å². The zero-order valence-electron chi connectivity index (χ0n) is 15.0. The van der Waals surface area contributed by atoms with Gasteiger partial charge in [-0.25, -0.2) is 4.79 Å². The second-order valence-corrected chi connectivity index (χ2v) is 6.17. The topological polar surface area (TPSA) is 46.5 Å². The molecule has 0 bridgehead atoms. The summed E-state index contributed by atoms with van der Waals surface area (Å²) in [5.74, 6) is -0.266. The molecule has 3 nitrogen and oxygen atoms in total. The van der Waals surface area contributed by atoms with Crippen LogP contribution in [0.15, 0.2) is 72.8 Å². The predicted octanol–water partition coefficient (Wildman–Crippen LogP) is 5.60. The first-order valence-corrected chi connectivity index (χ1v) is 8.76. The summed E-state index contributed by atoms with van der Waals surface area (Å²) in [5, 5.41) is 9.43. The van der Waals surface area contributed by atoms with Crippen molar-refractivity contribution in [3.8, 4) is 16.9 Å². The van der Waals surface area contributed by atoms with Gasteiger partial charge in [-0.1, -0.05) is 73.7 Å². The van der Waals surface area contributed by atoms with E-state index in [1.54, 1.807) is 12.1 Å². The van der Waals surface area contributed by atoms with Crippen LogP contribution in [-0.4, -0.2) is 17.7 Å². The van der Waals surface area contributed by atoms with Crippen LogP contribution in [0.1, 0.15) is 41.3 Å². The Balaban J connectivity index is 1.96. The molecule has 0 saturated heterocycles. The maximum Gasteiger partial charge on any atom is 0.339 e. The molecule has 1 atom stereocenters. The van der Waals surface area contributed by atoms with Crippen LogP contribution in [0.25, 0.3) is 11.1 Å². The average molecular weight is 346 g/mol. The normalized spacial score (nSPS) is 11.8. The quantitative estimate of drug-likeness (QED) is 0.632. The number of rotatable bonds is 6. The van der Waals surface area contributed by atoms with Gasteiger partial charge in [0.05, 0.1) is 6.61 Å². The summed E-state index contributed by atoms with van der Waals surface area (Å²) in [6, 6.07) is 23.8. The molecule has 0 amide bonds. The third kappa shape index (κ3) is 3.62. The SMILES string of the molecule is CCOc1c(C(=O)O)cccc1-c1ccc(C(C)c2ccccc2)cc1. The van der Waals surface area contributed by atoms with E-state index in [2.05, 4.69) is 31.2 Å². The van der Waals surface area contributed by atoms with Crippen molar-refractivity contribution in [2.45, 2.75) is 19.8 Å². The molecule has 3 heteroatoms. The molecule has 0 aliphatic heterocycles. The second kappa shape index (κ2) is 7.87. The van der Waals surface area contributed by atoms with Crippen LogP contribution in [0, 0.1) is 0 Å². The van der Waals surface area contributed by atoms with E-state index in [0.29, 0.717) is 18.3 Å². The molecule has 0 radical (unpaired) electrons. The zero-order chi connectivity index (χ0) is 18.5. The fourth-order valence-electron chi connectivity index (χ4n) is 3.12. The van der Waals surface area contributed by atoms with Crippen LogP contribution < -0.4 is 4.74 Å². The van der Waals surface area contributed by atoms with Gasteiger partial charge < -0.3 is 9.84 Å². The van der Waals surface area contributed by atoms with E-state index >= 15 is 0 Å². The number of hydrogen-bond acceptors (Lipinski definition) is 2. The van der Waals surface area contributed by atoms with Crippen molar-refractivity contribution in [2.75, 3.05) is 6.61 Å². The van der Waals surface area contributed by atoms with Crippen LogP contribution in [0.2, 0.25) is 0 Å². The van der Waals surface area contributed by atoms with Gasteiger partial charge in [0.2, 0.25) is 0 Å². The third-order valence-electron chi connectivity index (χ3n) is 4.56. The molecule has 1 N–H and O–H groups in total. The Morgan fingerprint density at radius 3 is 2.19 bits per heavy atom. The number of aromatic carboxylic acids is 1. The molecule has 0 fully saturated rings. The summed E-state index contributed by atoms with van der Waals surface area (Å²) in [7, 11) is 0. The number of ether oxygens (including phenoxy) is 1. The Kier molecular flexibility index (Phi) is 5.37. The minimum absolute atomic E-state index is 0.186. The summed E-state index contributed by atoms with van der Waals surface area (Å²) >= 11 is 0. The number of benzene rings is 3. The number of hydrogen-bond donors (Lipinski definition) is 1. The van der Waals surface area contributed by atoms with Crippen molar-refractivity contribution in [3.63, 3.8) is 0 Å². The third-order valence-corrected chi connectivity index (χ3v) is 4.56. The minimum Gasteiger partial charge on any atom is -0.492 e. The van der Waals surface area contributed by atoms with Crippen molar-refractivity contribution in [3.05, 3.63) is 89.5 Å². The monoisotopic (exact) mass is 346 g/mol. The van der Waals surface area contributed by atoms with Gasteiger partial charge in [-0.3, -0.25) is 0 Å². The van der Waals surface area contributed by atoms with Crippen LogP contribution in [0.5, 0.6) is 5.75 Å². The van der Waals surface area contributed by atoms with Crippen molar-refractivity contribution in [2.24, 2.45) is 0 Å². The van der Waals surface area contributed by atoms with Gasteiger partial charge in [0.15, 0.2) is 0 Å². The maximum atomic E-state index is 11.5. The molecule has 0 aliphatic carbocycles. The molecule has 26 heavy (non-hydrogen) atoms. The lowest BCUT2D eigenvalue weighted by Gasteiger charge is -2.15.